The van der Waals surface area contributed by atoms with Crippen LogP contribution in [-0.2, 0) is 17.4 Å². The lowest BCUT2D eigenvalue weighted by Crippen LogP contribution is -2.27. The van der Waals surface area contributed by atoms with Gasteiger partial charge in [-0.15, -0.1) is 0 Å². The van der Waals surface area contributed by atoms with Crippen molar-refractivity contribution >= 4 is 5.78 Å². The van der Waals surface area contributed by atoms with Crippen molar-refractivity contribution in [3.05, 3.63) is 35.4 Å². The van der Waals surface area contributed by atoms with E-state index in [1.54, 1.807) is 0 Å². The standard InChI is InChI=1S/C17H21F3O/c1-11-3-6-14(9-12(11)2)16(21)10-13-4-7-15(8-5-13)17(18,19)20/h4-5,7-8,11-12,14H,3,6,9-10H2,1-2H3. The number of carbonyl (C=O) groups is 1. The molecule has 1 aromatic rings. The Labute approximate surface area is 123 Å². The molecule has 1 aromatic carbocycles. The number of hydrogen-bond acceptors (Lipinski definition) is 1. The van der Waals surface area contributed by atoms with Gasteiger partial charge in [-0.25, -0.2) is 0 Å². The van der Waals surface area contributed by atoms with E-state index in [0.717, 1.165) is 31.4 Å². The number of Topliss-reactive ketones (excluding diaryl/α,β-unsaturated/α-hetero) is 1. The number of carbonyl (C=O) groups excluding carboxylic acids is 1. The van der Waals surface area contributed by atoms with Crippen molar-refractivity contribution in [2.24, 2.45) is 17.8 Å². The summed E-state index contributed by atoms with van der Waals surface area (Å²) in [4.78, 5) is 12.3. The maximum absolute atomic E-state index is 12.5. The second kappa shape index (κ2) is 6.20. The molecule has 0 N–H and O–H groups in total. The van der Waals surface area contributed by atoms with Crippen LogP contribution in [0.1, 0.15) is 44.2 Å². The highest BCUT2D eigenvalue weighted by Crippen LogP contribution is 2.34. The molecule has 0 saturated heterocycles. The van der Waals surface area contributed by atoms with Gasteiger partial charge in [0.05, 0.1) is 5.56 Å². The molecule has 1 fully saturated rings. The number of ketones is 1. The average molecular weight is 298 g/mol. The molecule has 0 amide bonds. The first-order chi connectivity index (χ1) is 9.77. The lowest BCUT2D eigenvalue weighted by atomic mass is 9.73. The molecule has 1 aliphatic rings. The molecule has 0 heterocycles. The molecule has 0 aromatic heterocycles. The molecular formula is C17H21F3O. The van der Waals surface area contributed by atoms with Gasteiger partial charge in [0, 0.05) is 12.3 Å². The van der Waals surface area contributed by atoms with E-state index in [9.17, 15) is 18.0 Å². The summed E-state index contributed by atoms with van der Waals surface area (Å²) in [5, 5.41) is 0. The average Bonchev–Trinajstić information content (AvgIpc) is 2.41. The number of alkyl halides is 3. The monoisotopic (exact) mass is 298 g/mol. The predicted octanol–water partition coefficient (Wildman–Crippen LogP) is 4.89. The van der Waals surface area contributed by atoms with Crippen LogP contribution in [0.3, 0.4) is 0 Å². The molecule has 116 valence electrons. The molecule has 21 heavy (non-hydrogen) atoms. The summed E-state index contributed by atoms with van der Waals surface area (Å²) in [5.74, 6) is 1.42. The van der Waals surface area contributed by atoms with Crippen molar-refractivity contribution in [3.8, 4) is 0 Å². The lowest BCUT2D eigenvalue weighted by molar-refractivity contribution is -0.137. The van der Waals surface area contributed by atoms with E-state index in [0.29, 0.717) is 17.4 Å². The van der Waals surface area contributed by atoms with Gasteiger partial charge < -0.3 is 0 Å². The fourth-order valence-corrected chi connectivity index (χ4v) is 3.00. The van der Waals surface area contributed by atoms with Crippen molar-refractivity contribution in [2.75, 3.05) is 0 Å². The van der Waals surface area contributed by atoms with Crippen LogP contribution in [-0.4, -0.2) is 5.78 Å². The van der Waals surface area contributed by atoms with Crippen molar-refractivity contribution in [1.82, 2.24) is 0 Å². The number of hydrogen-bond donors (Lipinski definition) is 0. The van der Waals surface area contributed by atoms with Crippen LogP contribution in [0.5, 0.6) is 0 Å². The third-order valence-corrected chi connectivity index (χ3v) is 4.71. The molecule has 1 aliphatic carbocycles. The summed E-state index contributed by atoms with van der Waals surface area (Å²) in [6.45, 7) is 4.38. The first kappa shape index (κ1) is 16.1. The third kappa shape index (κ3) is 4.08. The van der Waals surface area contributed by atoms with Gasteiger partial charge in [-0.05, 0) is 48.8 Å². The molecule has 0 radical (unpaired) electrons. The van der Waals surface area contributed by atoms with E-state index in [-0.39, 0.29) is 18.1 Å². The second-order valence-corrected chi connectivity index (χ2v) is 6.30. The van der Waals surface area contributed by atoms with Crippen LogP contribution < -0.4 is 0 Å². The highest BCUT2D eigenvalue weighted by atomic mass is 19.4. The van der Waals surface area contributed by atoms with Gasteiger partial charge in [0.25, 0.3) is 0 Å². The van der Waals surface area contributed by atoms with E-state index in [1.807, 2.05) is 0 Å². The van der Waals surface area contributed by atoms with Crippen LogP contribution in [0.15, 0.2) is 24.3 Å². The third-order valence-electron chi connectivity index (χ3n) is 4.71. The summed E-state index contributed by atoms with van der Waals surface area (Å²) >= 11 is 0. The fraction of sp³-hybridized carbons (Fsp3) is 0.588. The van der Waals surface area contributed by atoms with E-state index in [2.05, 4.69) is 13.8 Å². The van der Waals surface area contributed by atoms with Crippen LogP contribution in [0.2, 0.25) is 0 Å². The molecule has 0 bridgehead atoms. The molecule has 0 aliphatic heterocycles. The first-order valence-corrected chi connectivity index (χ1v) is 7.46. The Morgan fingerprint density at radius 1 is 1.10 bits per heavy atom. The maximum atomic E-state index is 12.5. The topological polar surface area (TPSA) is 17.1 Å². The SMILES string of the molecule is CC1CCC(C(=O)Cc2ccc(C(F)(F)F)cc2)CC1C. The smallest absolute Gasteiger partial charge is 0.299 e. The molecule has 4 heteroatoms. The van der Waals surface area contributed by atoms with Crippen molar-refractivity contribution < 1.29 is 18.0 Å². The van der Waals surface area contributed by atoms with E-state index in [1.165, 1.54) is 12.1 Å². The molecule has 2 rings (SSSR count). The van der Waals surface area contributed by atoms with Crippen molar-refractivity contribution in [3.63, 3.8) is 0 Å². The van der Waals surface area contributed by atoms with Gasteiger partial charge in [-0.2, -0.15) is 13.2 Å². The highest BCUT2D eigenvalue weighted by Gasteiger charge is 2.31. The number of benzene rings is 1. The minimum atomic E-state index is -4.32. The molecule has 3 atom stereocenters. The zero-order chi connectivity index (χ0) is 15.6. The summed E-state index contributed by atoms with van der Waals surface area (Å²) in [5.41, 5.74) is -0.00177. The summed E-state index contributed by atoms with van der Waals surface area (Å²) < 4.78 is 37.5. The quantitative estimate of drug-likeness (QED) is 0.776. The maximum Gasteiger partial charge on any atom is 0.416 e. The van der Waals surface area contributed by atoms with E-state index >= 15 is 0 Å². The lowest BCUT2D eigenvalue weighted by Gasteiger charge is -2.31. The van der Waals surface area contributed by atoms with E-state index < -0.39 is 11.7 Å². The minimum absolute atomic E-state index is 0.0680. The zero-order valence-corrected chi connectivity index (χ0v) is 12.4. The van der Waals surface area contributed by atoms with Gasteiger partial charge in [-0.1, -0.05) is 26.0 Å². The fourth-order valence-electron chi connectivity index (χ4n) is 3.00. The predicted molar refractivity (Wildman–Crippen MR) is 75.8 cm³/mol. The van der Waals surface area contributed by atoms with Crippen LogP contribution in [0.4, 0.5) is 13.2 Å². The molecule has 0 spiro atoms. The molecule has 3 unspecified atom stereocenters. The van der Waals surface area contributed by atoms with Gasteiger partial charge in [-0.3, -0.25) is 4.79 Å². The Morgan fingerprint density at radius 3 is 2.24 bits per heavy atom. The van der Waals surface area contributed by atoms with E-state index in [4.69, 9.17) is 0 Å². The van der Waals surface area contributed by atoms with Crippen LogP contribution in [0.25, 0.3) is 0 Å². The largest absolute Gasteiger partial charge is 0.416 e. The van der Waals surface area contributed by atoms with Gasteiger partial charge >= 0.3 is 6.18 Å². The minimum Gasteiger partial charge on any atom is -0.299 e. The highest BCUT2D eigenvalue weighted by molar-refractivity contribution is 5.83. The van der Waals surface area contributed by atoms with Gasteiger partial charge in [0.1, 0.15) is 5.78 Å². The second-order valence-electron chi connectivity index (χ2n) is 6.30. The molecular weight excluding hydrogens is 277 g/mol. The zero-order valence-electron chi connectivity index (χ0n) is 12.4. The number of halogens is 3. The van der Waals surface area contributed by atoms with Crippen molar-refractivity contribution in [2.45, 2.75) is 45.7 Å². The Bertz CT molecular complexity index is 490. The Hall–Kier alpha value is -1.32. The Kier molecular flexibility index (Phi) is 4.74. The molecule has 1 saturated carbocycles. The summed E-state index contributed by atoms with van der Waals surface area (Å²) in [6, 6.07) is 4.92. The Morgan fingerprint density at radius 2 is 1.71 bits per heavy atom. The van der Waals surface area contributed by atoms with Crippen LogP contribution >= 0.6 is 0 Å². The summed E-state index contributed by atoms with van der Waals surface area (Å²) in [6.07, 6.45) is -1.21. The van der Waals surface area contributed by atoms with Crippen LogP contribution in [0, 0.1) is 17.8 Å². The summed E-state index contributed by atoms with van der Waals surface area (Å²) in [7, 11) is 0. The Balaban J connectivity index is 1.97. The van der Waals surface area contributed by atoms with Gasteiger partial charge in [0.15, 0.2) is 0 Å². The van der Waals surface area contributed by atoms with Crippen molar-refractivity contribution in [1.29, 1.82) is 0 Å². The molecule has 1 nitrogen and oxygen atoms in total. The number of rotatable bonds is 3. The normalized spacial score (nSPS) is 26.6. The first-order valence-electron chi connectivity index (χ1n) is 7.46. The van der Waals surface area contributed by atoms with Gasteiger partial charge in [0.2, 0.25) is 0 Å².